The van der Waals surface area contributed by atoms with Gasteiger partial charge in [-0.3, -0.25) is 5.32 Å². The smallest absolute Gasteiger partial charge is 0.308 e. The second kappa shape index (κ2) is 5.95. The highest BCUT2D eigenvalue weighted by Gasteiger charge is 2.11. The molecule has 0 saturated heterocycles. The van der Waals surface area contributed by atoms with E-state index in [0.717, 1.165) is 10.2 Å². The van der Waals surface area contributed by atoms with Gasteiger partial charge in [-0.05, 0) is 30.3 Å². The van der Waals surface area contributed by atoms with Crippen molar-refractivity contribution >= 4 is 48.4 Å². The Bertz CT molecular complexity index is 949. The van der Waals surface area contributed by atoms with Crippen LogP contribution in [0.15, 0.2) is 53.4 Å². The molecule has 7 nitrogen and oxygen atoms in total. The number of nitrogens with zero attached hydrogens (tertiary/aromatic N) is 1. The van der Waals surface area contributed by atoms with Crippen molar-refractivity contribution in [1.82, 2.24) is 4.98 Å². The van der Waals surface area contributed by atoms with Crippen LogP contribution in [-0.2, 0) is 10.0 Å². The minimum absolute atomic E-state index is 0.0738. The predicted molar refractivity (Wildman–Crippen MR) is 90.1 cm³/mol. The number of rotatable bonds is 3. The van der Waals surface area contributed by atoms with Crippen molar-refractivity contribution in [2.45, 2.75) is 4.90 Å². The van der Waals surface area contributed by atoms with Crippen LogP contribution in [0.2, 0.25) is 0 Å². The summed E-state index contributed by atoms with van der Waals surface area (Å²) in [4.78, 5) is 16.2. The fourth-order valence-electron chi connectivity index (χ4n) is 1.94. The van der Waals surface area contributed by atoms with Crippen LogP contribution in [0.1, 0.15) is 0 Å². The van der Waals surface area contributed by atoms with E-state index in [1.807, 2.05) is 24.3 Å². The first-order valence-electron chi connectivity index (χ1n) is 6.48. The summed E-state index contributed by atoms with van der Waals surface area (Å²) in [7, 11) is -3.82. The molecule has 0 fully saturated rings. The average molecular weight is 348 g/mol. The van der Waals surface area contributed by atoms with E-state index in [4.69, 9.17) is 5.14 Å². The number of aromatic nitrogens is 1. The zero-order valence-electron chi connectivity index (χ0n) is 11.7. The first-order valence-corrected chi connectivity index (χ1v) is 8.84. The number of benzene rings is 2. The molecule has 9 heteroatoms. The molecule has 0 spiro atoms. The number of nitrogens with one attached hydrogen (secondary N) is 2. The molecule has 1 heterocycles. The second-order valence-corrected chi connectivity index (χ2v) is 7.23. The van der Waals surface area contributed by atoms with Gasteiger partial charge in [-0.1, -0.05) is 29.5 Å². The van der Waals surface area contributed by atoms with Gasteiger partial charge < -0.3 is 5.32 Å². The normalized spacial score (nSPS) is 11.3. The first kappa shape index (κ1) is 15.4. The van der Waals surface area contributed by atoms with Crippen molar-refractivity contribution in [3.63, 3.8) is 0 Å². The van der Waals surface area contributed by atoms with Crippen molar-refractivity contribution in [3.05, 3.63) is 48.5 Å². The van der Waals surface area contributed by atoms with Gasteiger partial charge in [0.15, 0.2) is 5.13 Å². The van der Waals surface area contributed by atoms with Crippen LogP contribution in [0.4, 0.5) is 15.6 Å². The lowest BCUT2D eigenvalue weighted by Crippen LogP contribution is -2.20. The van der Waals surface area contributed by atoms with Gasteiger partial charge in [-0.15, -0.1) is 0 Å². The molecule has 0 aliphatic heterocycles. The summed E-state index contributed by atoms with van der Waals surface area (Å²) in [5.74, 6) is 0. The quantitative estimate of drug-likeness (QED) is 0.675. The fourth-order valence-corrected chi connectivity index (χ4v) is 3.36. The number of hydrogen-bond acceptors (Lipinski definition) is 5. The van der Waals surface area contributed by atoms with Gasteiger partial charge in [0.25, 0.3) is 0 Å². The van der Waals surface area contributed by atoms with Gasteiger partial charge in [-0.25, -0.2) is 23.3 Å². The summed E-state index contributed by atoms with van der Waals surface area (Å²) in [6.45, 7) is 0. The van der Waals surface area contributed by atoms with E-state index < -0.39 is 16.1 Å². The number of sulfonamides is 1. The molecule has 0 aliphatic rings. The van der Waals surface area contributed by atoms with E-state index in [2.05, 4.69) is 15.6 Å². The zero-order valence-corrected chi connectivity index (χ0v) is 13.3. The molecular weight excluding hydrogens is 336 g/mol. The van der Waals surface area contributed by atoms with E-state index >= 15 is 0 Å². The lowest BCUT2D eigenvalue weighted by Gasteiger charge is -2.06. The first-order chi connectivity index (χ1) is 10.9. The monoisotopic (exact) mass is 348 g/mol. The Morgan fingerprint density at radius 1 is 1.09 bits per heavy atom. The molecule has 0 saturated carbocycles. The number of carbonyl (C=O) groups excluding carboxylic acids is 1. The molecule has 0 bridgehead atoms. The minimum atomic E-state index is -3.82. The molecule has 4 N–H and O–H groups in total. The number of carbonyl (C=O) groups is 1. The highest BCUT2D eigenvalue weighted by molar-refractivity contribution is 7.89. The van der Waals surface area contributed by atoms with E-state index in [9.17, 15) is 13.2 Å². The summed E-state index contributed by atoms with van der Waals surface area (Å²) in [5, 5.41) is 10.7. The summed E-state index contributed by atoms with van der Waals surface area (Å²) in [6, 6.07) is 12.7. The van der Waals surface area contributed by atoms with Crippen LogP contribution in [0.5, 0.6) is 0 Å². The van der Waals surface area contributed by atoms with E-state index in [1.165, 1.54) is 29.5 Å². The predicted octanol–water partition coefficient (Wildman–Crippen LogP) is 2.59. The van der Waals surface area contributed by atoms with Gasteiger partial charge >= 0.3 is 6.03 Å². The third-order valence-electron chi connectivity index (χ3n) is 2.93. The molecular formula is C14H12N4O3S2. The molecule has 1 aromatic heterocycles. The topological polar surface area (TPSA) is 114 Å². The van der Waals surface area contributed by atoms with Crippen LogP contribution in [-0.4, -0.2) is 19.4 Å². The fraction of sp³-hybridized carbons (Fsp3) is 0. The number of fused-ring (bicyclic) bond motifs is 1. The lowest BCUT2D eigenvalue weighted by molar-refractivity contribution is 0.262. The Balaban J connectivity index is 1.74. The molecule has 0 atom stereocenters. The Morgan fingerprint density at radius 2 is 1.87 bits per heavy atom. The van der Waals surface area contributed by atoms with Gasteiger partial charge in [0.05, 0.1) is 15.1 Å². The second-order valence-electron chi connectivity index (χ2n) is 4.64. The summed E-state index contributed by atoms with van der Waals surface area (Å²) < 4.78 is 23.6. The highest BCUT2D eigenvalue weighted by Crippen LogP contribution is 2.25. The van der Waals surface area contributed by atoms with Gasteiger partial charge in [-0.2, -0.15) is 0 Å². The Morgan fingerprint density at radius 3 is 2.61 bits per heavy atom. The SMILES string of the molecule is NS(=O)(=O)c1cccc(NC(=O)Nc2nc3ccccc3s2)c1. The molecule has 2 amide bonds. The number of nitrogens with two attached hydrogens (primary N) is 1. The number of anilines is 2. The molecule has 0 radical (unpaired) electrons. The van der Waals surface area contributed by atoms with Crippen LogP contribution < -0.4 is 15.8 Å². The highest BCUT2D eigenvalue weighted by atomic mass is 32.2. The van der Waals surface area contributed by atoms with Crippen LogP contribution in [0.3, 0.4) is 0 Å². The number of urea groups is 1. The van der Waals surface area contributed by atoms with E-state index in [-0.39, 0.29) is 4.90 Å². The number of primary sulfonamides is 1. The summed E-state index contributed by atoms with van der Waals surface area (Å²) in [5.41, 5.74) is 1.11. The number of thiazole rings is 1. The maximum Gasteiger partial charge on any atom is 0.325 e. The largest absolute Gasteiger partial charge is 0.325 e. The Kier molecular flexibility index (Phi) is 3.99. The molecule has 0 aliphatic carbocycles. The molecule has 118 valence electrons. The molecule has 3 rings (SSSR count). The number of hydrogen-bond donors (Lipinski definition) is 3. The van der Waals surface area contributed by atoms with Crippen molar-refractivity contribution in [2.24, 2.45) is 5.14 Å². The van der Waals surface area contributed by atoms with E-state index in [0.29, 0.717) is 10.8 Å². The Hall–Kier alpha value is -2.49. The van der Waals surface area contributed by atoms with E-state index in [1.54, 1.807) is 6.07 Å². The number of para-hydroxylation sites is 1. The van der Waals surface area contributed by atoms with Gasteiger partial charge in [0.2, 0.25) is 10.0 Å². The van der Waals surface area contributed by atoms with Crippen LogP contribution in [0.25, 0.3) is 10.2 Å². The number of amides is 2. The van der Waals surface area contributed by atoms with Crippen LogP contribution in [0, 0.1) is 0 Å². The maximum absolute atomic E-state index is 12.0. The van der Waals surface area contributed by atoms with Crippen LogP contribution >= 0.6 is 11.3 Å². The van der Waals surface area contributed by atoms with Crippen molar-refractivity contribution in [2.75, 3.05) is 10.6 Å². The Labute approximate surface area is 136 Å². The summed E-state index contributed by atoms with van der Waals surface area (Å²) >= 11 is 1.34. The molecule has 2 aromatic carbocycles. The standard InChI is InChI=1S/C14H12N4O3S2/c15-23(20,21)10-5-3-4-9(8-10)16-13(19)18-14-17-11-6-1-2-7-12(11)22-14/h1-8H,(H2,15,20,21)(H2,16,17,18,19). The van der Waals surface area contributed by atoms with Crippen molar-refractivity contribution < 1.29 is 13.2 Å². The van der Waals surface area contributed by atoms with Crippen molar-refractivity contribution in [3.8, 4) is 0 Å². The van der Waals surface area contributed by atoms with Gasteiger partial charge in [0, 0.05) is 5.69 Å². The average Bonchev–Trinajstić information content (AvgIpc) is 2.88. The zero-order chi connectivity index (χ0) is 16.4. The maximum atomic E-state index is 12.0. The van der Waals surface area contributed by atoms with Gasteiger partial charge in [0.1, 0.15) is 0 Å². The van der Waals surface area contributed by atoms with Crippen molar-refractivity contribution in [1.29, 1.82) is 0 Å². The molecule has 0 unspecified atom stereocenters. The summed E-state index contributed by atoms with van der Waals surface area (Å²) in [6.07, 6.45) is 0. The minimum Gasteiger partial charge on any atom is -0.308 e. The molecule has 3 aromatic rings. The third-order valence-corrected chi connectivity index (χ3v) is 4.80. The third kappa shape index (κ3) is 3.65. The molecule has 23 heavy (non-hydrogen) atoms. The lowest BCUT2D eigenvalue weighted by atomic mass is 10.3.